The molecular weight excluding hydrogens is 308 g/mol. The minimum absolute atomic E-state index is 0.0786. The zero-order valence-corrected chi connectivity index (χ0v) is 14.0. The molecule has 1 aromatic carbocycles. The minimum Gasteiger partial charge on any atom is -0.496 e. The number of para-hydroxylation sites is 1. The molecule has 0 bridgehead atoms. The van der Waals surface area contributed by atoms with Crippen molar-refractivity contribution in [3.05, 3.63) is 46.3 Å². The number of nitro groups is 1. The number of hydrogen-bond acceptors (Lipinski definition) is 5. The Morgan fingerprint density at radius 1 is 1.38 bits per heavy atom. The molecule has 1 N–H and O–H groups in total. The van der Waals surface area contributed by atoms with Crippen LogP contribution in [0, 0.1) is 10.1 Å². The fraction of sp³-hybridized carbons (Fsp3) is 0.471. The van der Waals surface area contributed by atoms with Gasteiger partial charge in [0.05, 0.1) is 7.11 Å². The Bertz CT molecular complexity index is 735. The summed E-state index contributed by atoms with van der Waals surface area (Å²) in [7, 11) is 3.44. The van der Waals surface area contributed by atoms with E-state index in [9.17, 15) is 10.1 Å². The number of rotatable bonds is 6. The van der Waals surface area contributed by atoms with E-state index in [-0.39, 0.29) is 11.2 Å². The van der Waals surface area contributed by atoms with Crippen molar-refractivity contribution in [1.29, 1.82) is 0 Å². The highest BCUT2D eigenvalue weighted by Crippen LogP contribution is 2.45. The van der Waals surface area contributed by atoms with Gasteiger partial charge in [0.1, 0.15) is 5.75 Å². The highest BCUT2D eigenvalue weighted by Gasteiger charge is 2.38. The smallest absolute Gasteiger partial charge is 0.406 e. The van der Waals surface area contributed by atoms with Crippen molar-refractivity contribution in [1.82, 2.24) is 9.55 Å². The zero-order valence-electron chi connectivity index (χ0n) is 14.0. The summed E-state index contributed by atoms with van der Waals surface area (Å²) < 4.78 is 7.21. The van der Waals surface area contributed by atoms with Crippen molar-refractivity contribution in [2.75, 3.05) is 19.0 Å². The first kappa shape index (κ1) is 16.3. The molecule has 1 saturated carbocycles. The molecule has 24 heavy (non-hydrogen) atoms. The lowest BCUT2D eigenvalue weighted by atomic mass is 9.78. The van der Waals surface area contributed by atoms with Crippen LogP contribution in [-0.2, 0) is 12.5 Å². The predicted molar refractivity (Wildman–Crippen MR) is 91.5 cm³/mol. The number of benzene rings is 1. The van der Waals surface area contributed by atoms with Crippen molar-refractivity contribution >= 4 is 11.6 Å². The van der Waals surface area contributed by atoms with Gasteiger partial charge in [-0.2, -0.15) is 0 Å². The molecule has 7 heteroatoms. The van der Waals surface area contributed by atoms with E-state index < -0.39 is 4.92 Å². The lowest BCUT2D eigenvalue weighted by Crippen LogP contribution is -2.32. The molecule has 1 aromatic heterocycles. The summed E-state index contributed by atoms with van der Waals surface area (Å²) in [6.45, 7) is 0.619. The molecular formula is C17H22N4O3. The van der Waals surface area contributed by atoms with Crippen molar-refractivity contribution < 1.29 is 9.66 Å². The van der Waals surface area contributed by atoms with Gasteiger partial charge in [-0.3, -0.25) is 4.57 Å². The highest BCUT2D eigenvalue weighted by molar-refractivity contribution is 5.53. The molecule has 7 nitrogen and oxygen atoms in total. The van der Waals surface area contributed by atoms with Crippen molar-refractivity contribution in [3.8, 4) is 5.75 Å². The second kappa shape index (κ2) is 6.51. The van der Waals surface area contributed by atoms with Gasteiger partial charge >= 0.3 is 5.82 Å². The number of nitrogens with zero attached hydrogens (tertiary/aromatic N) is 3. The Labute approximate surface area is 140 Å². The van der Waals surface area contributed by atoms with E-state index >= 15 is 0 Å². The maximum absolute atomic E-state index is 11.2. The zero-order chi connectivity index (χ0) is 17.2. The van der Waals surface area contributed by atoms with Gasteiger partial charge in [0, 0.05) is 24.6 Å². The first-order valence-electron chi connectivity index (χ1n) is 8.10. The summed E-state index contributed by atoms with van der Waals surface area (Å²) in [4.78, 5) is 14.6. The second-order valence-electron chi connectivity index (χ2n) is 6.33. The summed E-state index contributed by atoms with van der Waals surface area (Å²) in [5, 5.41) is 14.4. The van der Waals surface area contributed by atoms with Crippen LogP contribution in [-0.4, -0.2) is 28.1 Å². The first-order valence-corrected chi connectivity index (χ1v) is 8.10. The second-order valence-corrected chi connectivity index (χ2v) is 6.33. The van der Waals surface area contributed by atoms with Gasteiger partial charge in [-0.25, -0.2) is 0 Å². The molecule has 2 aromatic rings. The van der Waals surface area contributed by atoms with Gasteiger partial charge < -0.3 is 20.2 Å². The van der Waals surface area contributed by atoms with Crippen LogP contribution < -0.4 is 10.1 Å². The number of aromatic nitrogens is 2. The minimum atomic E-state index is -0.452. The molecule has 0 radical (unpaired) electrons. The van der Waals surface area contributed by atoms with Gasteiger partial charge in [-0.15, -0.1) is 0 Å². The quantitative estimate of drug-likeness (QED) is 0.649. The number of imidazole rings is 1. The van der Waals surface area contributed by atoms with Crippen LogP contribution in [0.1, 0.15) is 31.2 Å². The SMILES string of the molecule is COc1ccccc1C1(CNc2c([N+](=O)[O-])ncn2C)CCCC1. The molecule has 0 spiro atoms. The predicted octanol–water partition coefficient (Wildman–Crippen LogP) is 3.26. The van der Waals surface area contributed by atoms with Crippen LogP contribution in [0.4, 0.5) is 11.6 Å². The maximum Gasteiger partial charge on any atom is 0.406 e. The van der Waals surface area contributed by atoms with Gasteiger partial charge in [-0.1, -0.05) is 31.0 Å². The number of anilines is 1. The summed E-state index contributed by atoms with van der Waals surface area (Å²) in [5.74, 6) is 1.19. The summed E-state index contributed by atoms with van der Waals surface area (Å²) in [6.07, 6.45) is 5.82. The molecule has 0 unspecified atom stereocenters. The van der Waals surface area contributed by atoms with Gasteiger partial charge in [0.15, 0.2) is 0 Å². The molecule has 128 valence electrons. The fourth-order valence-corrected chi connectivity index (χ4v) is 3.68. The van der Waals surface area contributed by atoms with Crippen LogP contribution in [0.5, 0.6) is 5.75 Å². The van der Waals surface area contributed by atoms with Gasteiger partial charge in [0.2, 0.25) is 12.1 Å². The molecule has 0 aliphatic heterocycles. The van der Waals surface area contributed by atoms with Gasteiger partial charge in [-0.05, 0) is 28.8 Å². The molecule has 1 aliphatic rings. The number of methoxy groups -OCH3 is 1. The van der Waals surface area contributed by atoms with Gasteiger partial charge in [0.25, 0.3) is 0 Å². The number of hydrogen-bond donors (Lipinski definition) is 1. The Morgan fingerprint density at radius 3 is 2.75 bits per heavy atom. The van der Waals surface area contributed by atoms with Crippen molar-refractivity contribution in [3.63, 3.8) is 0 Å². The van der Waals surface area contributed by atoms with Crippen molar-refractivity contribution in [2.45, 2.75) is 31.1 Å². The van der Waals surface area contributed by atoms with Crippen LogP contribution in [0.2, 0.25) is 0 Å². The highest BCUT2D eigenvalue weighted by atomic mass is 16.6. The normalized spacial score (nSPS) is 16.1. The molecule has 1 aliphatic carbocycles. The monoisotopic (exact) mass is 330 g/mol. The van der Waals surface area contributed by atoms with E-state index in [1.54, 1.807) is 18.7 Å². The third-order valence-electron chi connectivity index (χ3n) is 4.92. The van der Waals surface area contributed by atoms with E-state index in [4.69, 9.17) is 4.74 Å². The maximum atomic E-state index is 11.2. The summed E-state index contributed by atoms with van der Waals surface area (Å²) >= 11 is 0. The molecule has 1 fully saturated rings. The number of aryl methyl sites for hydroxylation is 1. The molecule has 1 heterocycles. The molecule has 0 saturated heterocycles. The lowest BCUT2D eigenvalue weighted by molar-refractivity contribution is -0.388. The van der Waals surface area contributed by atoms with Crippen LogP contribution in [0.25, 0.3) is 0 Å². The van der Waals surface area contributed by atoms with E-state index in [1.165, 1.54) is 11.9 Å². The van der Waals surface area contributed by atoms with E-state index in [1.807, 2.05) is 18.2 Å². The Morgan fingerprint density at radius 2 is 2.08 bits per heavy atom. The largest absolute Gasteiger partial charge is 0.496 e. The number of nitrogens with one attached hydrogen (secondary N) is 1. The average molecular weight is 330 g/mol. The van der Waals surface area contributed by atoms with Crippen molar-refractivity contribution in [2.24, 2.45) is 7.05 Å². The Hall–Kier alpha value is -2.57. The topological polar surface area (TPSA) is 82.2 Å². The standard InChI is InChI=1S/C17H22N4O3/c1-20-12-19-16(21(22)23)15(20)18-11-17(9-5-6-10-17)13-7-3-4-8-14(13)24-2/h3-4,7-8,12,18H,5-6,9-11H2,1-2H3. The first-order chi connectivity index (χ1) is 11.6. The Balaban J connectivity index is 1.91. The summed E-state index contributed by atoms with van der Waals surface area (Å²) in [5.41, 5.74) is 1.09. The molecule has 0 amide bonds. The van der Waals surface area contributed by atoms with Crippen LogP contribution in [0.3, 0.4) is 0 Å². The third kappa shape index (κ3) is 2.81. The van der Waals surface area contributed by atoms with Crippen LogP contribution in [0.15, 0.2) is 30.6 Å². The van der Waals surface area contributed by atoms with E-state index in [0.717, 1.165) is 31.4 Å². The van der Waals surface area contributed by atoms with Crippen LogP contribution >= 0.6 is 0 Å². The van der Waals surface area contributed by atoms with E-state index in [2.05, 4.69) is 16.4 Å². The lowest BCUT2D eigenvalue weighted by Gasteiger charge is -2.31. The summed E-state index contributed by atoms with van der Waals surface area (Å²) in [6, 6.07) is 8.06. The molecule has 3 rings (SSSR count). The third-order valence-corrected chi connectivity index (χ3v) is 4.92. The number of ether oxygens (including phenoxy) is 1. The average Bonchev–Trinajstić information content (AvgIpc) is 3.20. The fourth-order valence-electron chi connectivity index (χ4n) is 3.68. The Kier molecular flexibility index (Phi) is 4.42. The molecule has 0 atom stereocenters. The van der Waals surface area contributed by atoms with E-state index in [0.29, 0.717) is 12.4 Å².